The molecule has 27 heavy (non-hydrogen) atoms. The predicted octanol–water partition coefficient (Wildman–Crippen LogP) is 4.20. The average Bonchev–Trinajstić information content (AvgIpc) is 2.65. The van der Waals surface area contributed by atoms with Gasteiger partial charge in [0.05, 0.1) is 12.1 Å². The Morgan fingerprint density at radius 3 is 2.44 bits per heavy atom. The minimum absolute atomic E-state index is 0.0502. The van der Waals surface area contributed by atoms with Crippen LogP contribution in [0, 0.1) is 0 Å². The fraction of sp³-hybridized carbons (Fsp3) is 0.100. The zero-order valence-corrected chi connectivity index (χ0v) is 14.2. The van der Waals surface area contributed by atoms with Gasteiger partial charge in [-0.2, -0.15) is 18.3 Å². The number of rotatable bonds is 4. The zero-order chi connectivity index (χ0) is 19.6. The maximum atomic E-state index is 12.9. The molecule has 0 saturated carbocycles. The number of benzene rings is 2. The van der Waals surface area contributed by atoms with Crippen molar-refractivity contribution < 1.29 is 13.2 Å². The SMILES string of the molecule is C=Cc1c(-c2ccccc2)nn(Cc2cccc(C(F)(F)F)c2)c(=O)c1N. The quantitative estimate of drug-likeness (QED) is 0.748. The number of aromatic nitrogens is 2. The van der Waals surface area contributed by atoms with Crippen LogP contribution in [-0.2, 0) is 12.7 Å². The highest BCUT2D eigenvalue weighted by molar-refractivity contribution is 5.77. The first-order valence-corrected chi connectivity index (χ1v) is 8.06. The molecule has 2 aromatic carbocycles. The van der Waals surface area contributed by atoms with Gasteiger partial charge in [-0.05, 0) is 17.7 Å². The third-order valence-corrected chi connectivity index (χ3v) is 4.07. The normalized spacial score (nSPS) is 11.4. The molecular formula is C20H16F3N3O. The predicted molar refractivity (Wildman–Crippen MR) is 99.0 cm³/mol. The van der Waals surface area contributed by atoms with Gasteiger partial charge in [0.2, 0.25) is 0 Å². The molecule has 0 bridgehead atoms. The summed E-state index contributed by atoms with van der Waals surface area (Å²) in [7, 11) is 0. The van der Waals surface area contributed by atoms with E-state index in [0.29, 0.717) is 16.8 Å². The maximum absolute atomic E-state index is 12.9. The fourth-order valence-corrected chi connectivity index (χ4v) is 2.74. The standard InChI is InChI=1S/C20H16F3N3O/c1-2-16-17(24)19(27)26(25-18(16)14-8-4-3-5-9-14)12-13-7-6-10-15(11-13)20(21,22)23/h2-11H,1,12,24H2. The number of alkyl halides is 3. The molecule has 0 aliphatic rings. The van der Waals surface area contributed by atoms with Gasteiger partial charge in [-0.1, -0.05) is 55.1 Å². The third-order valence-electron chi connectivity index (χ3n) is 4.07. The summed E-state index contributed by atoms with van der Waals surface area (Å²) >= 11 is 0. The first-order valence-electron chi connectivity index (χ1n) is 8.06. The van der Waals surface area contributed by atoms with E-state index in [4.69, 9.17) is 5.73 Å². The van der Waals surface area contributed by atoms with Crippen molar-refractivity contribution in [1.29, 1.82) is 0 Å². The molecule has 3 aromatic rings. The van der Waals surface area contributed by atoms with Gasteiger partial charge in [-0.25, -0.2) is 4.68 Å². The summed E-state index contributed by atoms with van der Waals surface area (Å²) in [6.45, 7) is 3.54. The summed E-state index contributed by atoms with van der Waals surface area (Å²) in [6.07, 6.45) is -3.02. The molecule has 0 aliphatic heterocycles. The van der Waals surface area contributed by atoms with Crippen LogP contribution in [0.4, 0.5) is 18.9 Å². The first-order chi connectivity index (χ1) is 12.8. The van der Waals surface area contributed by atoms with Gasteiger partial charge < -0.3 is 5.73 Å². The van der Waals surface area contributed by atoms with Crippen LogP contribution in [0.5, 0.6) is 0 Å². The lowest BCUT2D eigenvalue weighted by molar-refractivity contribution is -0.137. The van der Waals surface area contributed by atoms with E-state index in [2.05, 4.69) is 11.7 Å². The van der Waals surface area contributed by atoms with Crippen LogP contribution in [0.15, 0.2) is 66.0 Å². The maximum Gasteiger partial charge on any atom is 0.416 e. The topological polar surface area (TPSA) is 60.9 Å². The average molecular weight is 371 g/mol. The van der Waals surface area contributed by atoms with Crippen molar-refractivity contribution in [2.45, 2.75) is 12.7 Å². The van der Waals surface area contributed by atoms with Crippen LogP contribution >= 0.6 is 0 Å². The molecule has 0 fully saturated rings. The largest absolute Gasteiger partial charge is 0.416 e. The Morgan fingerprint density at radius 1 is 1.11 bits per heavy atom. The summed E-state index contributed by atoms with van der Waals surface area (Å²) < 4.78 is 39.8. The summed E-state index contributed by atoms with van der Waals surface area (Å²) in [5, 5.41) is 4.33. The molecule has 2 N–H and O–H groups in total. The number of nitrogens with zero attached hydrogens (tertiary/aromatic N) is 2. The molecule has 7 heteroatoms. The Hall–Kier alpha value is -3.35. The van der Waals surface area contributed by atoms with Gasteiger partial charge in [0.15, 0.2) is 0 Å². The molecule has 4 nitrogen and oxygen atoms in total. The molecule has 138 valence electrons. The Kier molecular flexibility index (Phi) is 4.85. The number of nitrogens with two attached hydrogens (primary N) is 1. The number of nitrogen functional groups attached to an aromatic ring is 1. The number of halogens is 3. The minimum Gasteiger partial charge on any atom is -0.394 e. The van der Waals surface area contributed by atoms with Crippen molar-refractivity contribution in [3.8, 4) is 11.3 Å². The third kappa shape index (κ3) is 3.76. The van der Waals surface area contributed by atoms with Gasteiger partial charge in [0.25, 0.3) is 5.56 Å². The molecule has 0 atom stereocenters. The van der Waals surface area contributed by atoms with E-state index >= 15 is 0 Å². The van der Waals surface area contributed by atoms with Crippen LogP contribution in [-0.4, -0.2) is 9.78 Å². The highest BCUT2D eigenvalue weighted by atomic mass is 19.4. The van der Waals surface area contributed by atoms with Crippen molar-refractivity contribution in [2.24, 2.45) is 0 Å². The molecule has 0 aliphatic carbocycles. The smallest absolute Gasteiger partial charge is 0.394 e. The van der Waals surface area contributed by atoms with Gasteiger partial charge in [0, 0.05) is 11.1 Å². The second-order valence-electron chi connectivity index (χ2n) is 5.91. The van der Waals surface area contributed by atoms with E-state index in [1.807, 2.05) is 18.2 Å². The Morgan fingerprint density at radius 2 is 1.81 bits per heavy atom. The first kappa shape index (κ1) is 18.4. The van der Waals surface area contributed by atoms with E-state index in [1.54, 1.807) is 12.1 Å². The van der Waals surface area contributed by atoms with Crippen molar-refractivity contribution in [1.82, 2.24) is 9.78 Å². The second-order valence-corrected chi connectivity index (χ2v) is 5.91. The Balaban J connectivity index is 2.11. The van der Waals surface area contributed by atoms with Gasteiger partial charge >= 0.3 is 6.18 Å². The van der Waals surface area contributed by atoms with Gasteiger partial charge in [0.1, 0.15) is 11.4 Å². The summed E-state index contributed by atoms with van der Waals surface area (Å²) in [4.78, 5) is 12.5. The summed E-state index contributed by atoms with van der Waals surface area (Å²) in [5.41, 5.74) is 6.39. The number of anilines is 1. The lowest BCUT2D eigenvalue weighted by Crippen LogP contribution is -2.28. The van der Waals surface area contributed by atoms with E-state index in [1.165, 1.54) is 18.2 Å². The van der Waals surface area contributed by atoms with E-state index in [9.17, 15) is 18.0 Å². The second kappa shape index (κ2) is 7.11. The zero-order valence-electron chi connectivity index (χ0n) is 14.2. The molecule has 0 spiro atoms. The molecule has 0 saturated heterocycles. The molecule has 1 heterocycles. The Labute approximate surface area is 153 Å². The monoisotopic (exact) mass is 371 g/mol. The van der Waals surface area contributed by atoms with Crippen LogP contribution in [0.1, 0.15) is 16.7 Å². The van der Waals surface area contributed by atoms with Crippen molar-refractivity contribution in [2.75, 3.05) is 5.73 Å². The van der Waals surface area contributed by atoms with Gasteiger partial charge in [-0.3, -0.25) is 4.79 Å². The van der Waals surface area contributed by atoms with Crippen molar-refractivity contribution in [3.05, 3.63) is 88.2 Å². The molecule has 1 aromatic heterocycles. The lowest BCUT2D eigenvalue weighted by Gasteiger charge is -2.14. The number of hydrogen-bond donors (Lipinski definition) is 1. The van der Waals surface area contributed by atoms with Crippen LogP contribution in [0.3, 0.4) is 0 Å². The van der Waals surface area contributed by atoms with E-state index < -0.39 is 17.3 Å². The van der Waals surface area contributed by atoms with E-state index in [0.717, 1.165) is 22.4 Å². The minimum atomic E-state index is -4.46. The highest BCUT2D eigenvalue weighted by Gasteiger charge is 2.30. The van der Waals surface area contributed by atoms with Gasteiger partial charge in [-0.15, -0.1) is 0 Å². The van der Waals surface area contributed by atoms with Crippen LogP contribution in [0.2, 0.25) is 0 Å². The van der Waals surface area contributed by atoms with E-state index in [-0.39, 0.29) is 12.2 Å². The highest BCUT2D eigenvalue weighted by Crippen LogP contribution is 2.30. The van der Waals surface area contributed by atoms with Crippen LogP contribution < -0.4 is 11.3 Å². The number of hydrogen-bond acceptors (Lipinski definition) is 3. The molecular weight excluding hydrogens is 355 g/mol. The fourth-order valence-electron chi connectivity index (χ4n) is 2.74. The lowest BCUT2D eigenvalue weighted by atomic mass is 10.1. The Bertz CT molecular complexity index is 1040. The van der Waals surface area contributed by atoms with Crippen LogP contribution in [0.25, 0.3) is 17.3 Å². The summed E-state index contributed by atoms with van der Waals surface area (Å²) in [6, 6.07) is 13.8. The summed E-state index contributed by atoms with van der Waals surface area (Å²) in [5.74, 6) is 0. The molecule has 3 rings (SSSR count). The van der Waals surface area contributed by atoms with Crippen molar-refractivity contribution >= 4 is 11.8 Å². The van der Waals surface area contributed by atoms with Crippen molar-refractivity contribution in [3.63, 3.8) is 0 Å². The molecule has 0 radical (unpaired) electrons. The molecule has 0 unspecified atom stereocenters. The molecule has 0 amide bonds.